The first-order valence-corrected chi connectivity index (χ1v) is 9.26. The van der Waals surface area contributed by atoms with Gasteiger partial charge in [-0.3, -0.25) is 10.1 Å². The predicted octanol–water partition coefficient (Wildman–Crippen LogP) is 1.88. The molecule has 0 aliphatic carbocycles. The summed E-state index contributed by atoms with van der Waals surface area (Å²) in [6, 6.07) is 3.17. The van der Waals surface area contributed by atoms with E-state index >= 15 is 0 Å². The molecule has 1 heterocycles. The highest BCUT2D eigenvalue weighted by atomic mass is 32.2. The van der Waals surface area contributed by atoms with Crippen molar-refractivity contribution < 1.29 is 13.3 Å². The summed E-state index contributed by atoms with van der Waals surface area (Å²) in [4.78, 5) is 10.4. The van der Waals surface area contributed by atoms with Crippen LogP contribution in [0.4, 0.5) is 5.69 Å². The monoisotopic (exact) mass is 341 g/mol. The Hall–Kier alpha value is -1.51. The molecule has 1 unspecified atom stereocenters. The SMILES string of the molecule is Cc1ccc(C)c(S(=O)(=O)NCCC2CCCNC2)c1[N+](=O)[O-]. The average Bonchev–Trinajstić information content (AvgIpc) is 2.49. The van der Waals surface area contributed by atoms with Crippen molar-refractivity contribution in [1.29, 1.82) is 0 Å². The second-order valence-electron chi connectivity index (χ2n) is 6.03. The zero-order chi connectivity index (χ0) is 17.0. The van der Waals surface area contributed by atoms with Crippen molar-refractivity contribution in [2.75, 3.05) is 19.6 Å². The Bertz CT molecular complexity index is 682. The summed E-state index contributed by atoms with van der Waals surface area (Å²) in [5.41, 5.74) is 0.392. The van der Waals surface area contributed by atoms with Crippen molar-refractivity contribution in [3.63, 3.8) is 0 Å². The van der Waals surface area contributed by atoms with Crippen molar-refractivity contribution in [3.05, 3.63) is 33.4 Å². The fourth-order valence-electron chi connectivity index (χ4n) is 2.98. The van der Waals surface area contributed by atoms with E-state index in [4.69, 9.17) is 0 Å². The Morgan fingerprint density at radius 2 is 2.04 bits per heavy atom. The zero-order valence-electron chi connectivity index (χ0n) is 13.5. The number of nitro benzene ring substituents is 1. The molecular formula is C15H23N3O4S. The Labute approximate surface area is 136 Å². The van der Waals surface area contributed by atoms with Gasteiger partial charge in [0, 0.05) is 12.1 Å². The molecule has 0 saturated carbocycles. The molecule has 7 nitrogen and oxygen atoms in total. The molecule has 0 spiro atoms. The largest absolute Gasteiger partial charge is 0.316 e. The summed E-state index contributed by atoms with van der Waals surface area (Å²) in [6.07, 6.45) is 2.91. The Kier molecular flexibility index (Phi) is 5.72. The van der Waals surface area contributed by atoms with Gasteiger partial charge in [-0.1, -0.05) is 12.1 Å². The van der Waals surface area contributed by atoms with Crippen molar-refractivity contribution in [3.8, 4) is 0 Å². The fraction of sp³-hybridized carbons (Fsp3) is 0.600. The van der Waals surface area contributed by atoms with Gasteiger partial charge in [0.1, 0.15) is 0 Å². The number of nitrogens with one attached hydrogen (secondary N) is 2. The van der Waals surface area contributed by atoms with Crippen molar-refractivity contribution in [1.82, 2.24) is 10.0 Å². The molecule has 1 atom stereocenters. The first-order valence-electron chi connectivity index (χ1n) is 7.78. The lowest BCUT2D eigenvalue weighted by Crippen LogP contribution is -2.33. The van der Waals surface area contributed by atoms with E-state index in [1.807, 2.05) is 0 Å². The lowest BCUT2D eigenvalue weighted by Gasteiger charge is -2.22. The van der Waals surface area contributed by atoms with Crippen LogP contribution in [0.25, 0.3) is 0 Å². The molecule has 8 heteroatoms. The topological polar surface area (TPSA) is 101 Å². The number of sulfonamides is 1. The molecule has 1 aliphatic heterocycles. The molecule has 0 amide bonds. The summed E-state index contributed by atoms with van der Waals surface area (Å²) in [5.74, 6) is 0.444. The molecule has 2 rings (SSSR count). The van der Waals surface area contributed by atoms with E-state index in [9.17, 15) is 18.5 Å². The maximum absolute atomic E-state index is 12.5. The number of benzene rings is 1. The van der Waals surface area contributed by atoms with Gasteiger partial charge in [-0.2, -0.15) is 0 Å². The third-order valence-corrected chi connectivity index (χ3v) is 5.86. The molecular weight excluding hydrogens is 318 g/mol. The quantitative estimate of drug-likeness (QED) is 0.608. The summed E-state index contributed by atoms with van der Waals surface area (Å²) in [6.45, 7) is 5.32. The van der Waals surface area contributed by atoms with Crippen LogP contribution in [0.2, 0.25) is 0 Å². The van der Waals surface area contributed by atoms with E-state index in [1.165, 1.54) is 0 Å². The first kappa shape index (κ1) is 17.8. The molecule has 2 N–H and O–H groups in total. The van der Waals surface area contributed by atoms with Crippen molar-refractivity contribution in [2.24, 2.45) is 5.92 Å². The highest BCUT2D eigenvalue weighted by Gasteiger charge is 2.29. The molecule has 0 radical (unpaired) electrons. The van der Waals surface area contributed by atoms with Gasteiger partial charge in [0.25, 0.3) is 5.69 Å². The highest BCUT2D eigenvalue weighted by Crippen LogP contribution is 2.30. The molecule has 1 saturated heterocycles. The summed E-state index contributed by atoms with van der Waals surface area (Å²) in [5, 5.41) is 14.6. The minimum Gasteiger partial charge on any atom is -0.316 e. The van der Waals surface area contributed by atoms with Crippen molar-refractivity contribution >= 4 is 15.7 Å². The molecule has 1 aromatic rings. The number of aryl methyl sites for hydroxylation is 2. The lowest BCUT2D eigenvalue weighted by molar-refractivity contribution is -0.388. The number of nitro groups is 1. The van der Waals surface area contributed by atoms with Gasteiger partial charge >= 0.3 is 0 Å². The normalized spacial score (nSPS) is 18.8. The average molecular weight is 341 g/mol. The van der Waals surface area contributed by atoms with Gasteiger partial charge in [0.2, 0.25) is 10.0 Å². The van der Waals surface area contributed by atoms with E-state index in [-0.39, 0.29) is 10.6 Å². The van der Waals surface area contributed by atoms with Gasteiger partial charge in [-0.25, -0.2) is 13.1 Å². The van der Waals surface area contributed by atoms with Gasteiger partial charge in [0.15, 0.2) is 4.90 Å². The number of hydrogen-bond acceptors (Lipinski definition) is 5. The third-order valence-electron chi connectivity index (χ3n) is 4.22. The summed E-state index contributed by atoms with van der Waals surface area (Å²) in [7, 11) is -3.90. The second-order valence-corrected chi connectivity index (χ2v) is 7.74. The molecule has 1 fully saturated rings. The van der Waals surface area contributed by atoms with Gasteiger partial charge in [0.05, 0.1) is 4.92 Å². The molecule has 23 heavy (non-hydrogen) atoms. The predicted molar refractivity (Wildman–Crippen MR) is 88.0 cm³/mol. The number of rotatable bonds is 6. The van der Waals surface area contributed by atoms with Crippen LogP contribution >= 0.6 is 0 Å². The number of piperidine rings is 1. The van der Waals surface area contributed by atoms with Crippen LogP contribution in [-0.2, 0) is 10.0 Å². The van der Waals surface area contributed by atoms with Crippen LogP contribution < -0.4 is 10.0 Å². The third kappa shape index (κ3) is 4.27. The molecule has 1 aromatic carbocycles. The second kappa shape index (κ2) is 7.37. The van der Waals surface area contributed by atoms with Crippen LogP contribution in [0.1, 0.15) is 30.4 Å². The van der Waals surface area contributed by atoms with E-state index in [0.717, 1.165) is 32.4 Å². The first-order chi connectivity index (χ1) is 10.8. The van der Waals surface area contributed by atoms with E-state index in [1.54, 1.807) is 26.0 Å². The van der Waals surface area contributed by atoms with Crippen molar-refractivity contribution in [2.45, 2.75) is 38.0 Å². The number of nitrogens with zero attached hydrogens (tertiary/aromatic N) is 1. The highest BCUT2D eigenvalue weighted by molar-refractivity contribution is 7.89. The van der Waals surface area contributed by atoms with Crippen LogP contribution in [0.15, 0.2) is 17.0 Å². The van der Waals surface area contributed by atoms with E-state index in [2.05, 4.69) is 10.0 Å². The fourth-order valence-corrected chi connectivity index (χ4v) is 4.49. The van der Waals surface area contributed by atoms with E-state index in [0.29, 0.717) is 23.6 Å². The summed E-state index contributed by atoms with van der Waals surface area (Å²) < 4.78 is 27.6. The molecule has 1 aliphatic rings. The lowest BCUT2D eigenvalue weighted by atomic mass is 9.96. The van der Waals surface area contributed by atoms with Gasteiger partial charge in [-0.05, 0) is 57.7 Å². The Morgan fingerprint density at radius 3 is 2.65 bits per heavy atom. The van der Waals surface area contributed by atoms with E-state index < -0.39 is 14.9 Å². The van der Waals surface area contributed by atoms with Gasteiger partial charge in [-0.15, -0.1) is 0 Å². The number of hydrogen-bond donors (Lipinski definition) is 2. The van der Waals surface area contributed by atoms with Crippen LogP contribution in [0.3, 0.4) is 0 Å². The molecule has 0 bridgehead atoms. The molecule has 128 valence electrons. The standard InChI is InChI=1S/C15H23N3O4S/c1-11-5-6-12(2)15(14(11)18(19)20)23(21,22)17-9-7-13-4-3-8-16-10-13/h5-6,13,16-17H,3-4,7-10H2,1-2H3. The minimum absolute atomic E-state index is 0.218. The zero-order valence-corrected chi connectivity index (χ0v) is 14.3. The minimum atomic E-state index is -3.90. The van der Waals surface area contributed by atoms with Gasteiger partial charge < -0.3 is 5.32 Å². The Balaban J connectivity index is 2.16. The summed E-state index contributed by atoms with van der Waals surface area (Å²) >= 11 is 0. The maximum Gasteiger partial charge on any atom is 0.292 e. The smallest absolute Gasteiger partial charge is 0.292 e. The van der Waals surface area contributed by atoms with Crippen LogP contribution in [0.5, 0.6) is 0 Å². The Morgan fingerprint density at radius 1 is 1.35 bits per heavy atom. The van der Waals surface area contributed by atoms with Crippen LogP contribution in [-0.4, -0.2) is 33.0 Å². The maximum atomic E-state index is 12.5. The van der Waals surface area contributed by atoms with Crippen LogP contribution in [0, 0.1) is 29.9 Å². The molecule has 0 aromatic heterocycles.